The van der Waals surface area contributed by atoms with Crippen LogP contribution < -0.4 is 10.3 Å². The third-order valence-corrected chi connectivity index (χ3v) is 5.51. The average molecular weight is 384 g/mol. The molecule has 0 N–H and O–H groups in total. The largest absolute Gasteiger partial charge is 0.456 e. The highest BCUT2D eigenvalue weighted by atomic mass is 32.1. The Morgan fingerprint density at radius 1 is 1.41 bits per heavy atom. The zero-order valence-electron chi connectivity index (χ0n) is 15.1. The van der Waals surface area contributed by atoms with E-state index in [1.165, 1.54) is 15.9 Å². The van der Waals surface area contributed by atoms with Crippen molar-refractivity contribution in [3.63, 3.8) is 0 Å². The van der Waals surface area contributed by atoms with Gasteiger partial charge in [-0.15, -0.1) is 11.3 Å². The van der Waals surface area contributed by atoms with Crippen LogP contribution in [0.3, 0.4) is 0 Å². The van der Waals surface area contributed by atoms with Crippen molar-refractivity contribution in [3.8, 4) is 6.01 Å². The van der Waals surface area contributed by atoms with Crippen LogP contribution >= 0.6 is 11.3 Å². The lowest BCUT2D eigenvalue weighted by molar-refractivity contribution is 0.0914. The molecule has 1 aliphatic carbocycles. The van der Waals surface area contributed by atoms with Crippen molar-refractivity contribution in [2.45, 2.75) is 39.2 Å². The van der Waals surface area contributed by atoms with Crippen molar-refractivity contribution in [2.75, 3.05) is 6.61 Å². The summed E-state index contributed by atoms with van der Waals surface area (Å²) in [6, 6.07) is 3.65. The smallest absolute Gasteiger partial charge is 0.303 e. The number of nitrogens with zero attached hydrogens (tertiary/aromatic N) is 2. The van der Waals surface area contributed by atoms with E-state index in [1.807, 2.05) is 18.4 Å². The summed E-state index contributed by atoms with van der Waals surface area (Å²) >= 11 is 1.35. The number of carbonyl (C=O) groups is 1. The van der Waals surface area contributed by atoms with Gasteiger partial charge in [0, 0.05) is 12.0 Å². The highest BCUT2D eigenvalue weighted by molar-refractivity contribution is 7.12. The highest BCUT2D eigenvalue weighted by Gasteiger charge is 2.24. The number of ketones is 1. The molecule has 6 nitrogen and oxygen atoms in total. The van der Waals surface area contributed by atoms with Crippen LogP contribution in [0.2, 0.25) is 0 Å². The van der Waals surface area contributed by atoms with Gasteiger partial charge in [0.05, 0.1) is 11.4 Å². The van der Waals surface area contributed by atoms with E-state index < -0.39 is 0 Å². The first-order chi connectivity index (χ1) is 13.0. The lowest BCUT2D eigenvalue weighted by atomic mass is 9.97. The second-order valence-electron chi connectivity index (χ2n) is 6.82. The van der Waals surface area contributed by atoms with Crippen molar-refractivity contribution in [2.24, 2.45) is 0 Å². The number of ether oxygens (including phenoxy) is 1. The van der Waals surface area contributed by atoms with E-state index >= 15 is 0 Å². The first-order valence-corrected chi connectivity index (χ1v) is 9.81. The first kappa shape index (κ1) is 17.7. The van der Waals surface area contributed by atoms with E-state index in [1.54, 1.807) is 6.07 Å². The van der Waals surface area contributed by atoms with Crippen molar-refractivity contribution >= 4 is 28.2 Å². The fourth-order valence-corrected chi connectivity index (χ4v) is 4.03. The number of carbonyl (C=O) groups excluding carboxylic acids is 1. The molecule has 0 atom stereocenters. The van der Waals surface area contributed by atoms with Gasteiger partial charge in [-0.1, -0.05) is 18.2 Å². The number of aryl methyl sites for hydroxylation is 2. The molecule has 27 heavy (non-hydrogen) atoms. The van der Waals surface area contributed by atoms with E-state index in [-0.39, 0.29) is 30.5 Å². The molecule has 3 aromatic rings. The van der Waals surface area contributed by atoms with Crippen LogP contribution in [0, 0.1) is 0 Å². The van der Waals surface area contributed by atoms with E-state index in [2.05, 4.69) is 11.6 Å². The van der Waals surface area contributed by atoms with Gasteiger partial charge in [-0.3, -0.25) is 14.2 Å². The number of aromatic nitrogens is 2. The monoisotopic (exact) mass is 384 g/mol. The lowest BCUT2D eigenvalue weighted by Gasteiger charge is -2.12. The summed E-state index contributed by atoms with van der Waals surface area (Å²) in [6.45, 7) is 5.82. The predicted molar refractivity (Wildman–Crippen MR) is 104 cm³/mol. The molecule has 0 fully saturated rings. The van der Waals surface area contributed by atoms with E-state index in [0.29, 0.717) is 16.0 Å². The second kappa shape index (κ2) is 7.15. The van der Waals surface area contributed by atoms with E-state index in [9.17, 15) is 9.59 Å². The zero-order valence-corrected chi connectivity index (χ0v) is 15.9. The molecule has 0 radical (unpaired) electrons. The number of hydrogen-bond acceptors (Lipinski definition) is 6. The molecule has 0 aliphatic heterocycles. The van der Waals surface area contributed by atoms with Crippen LogP contribution in [-0.4, -0.2) is 21.9 Å². The average Bonchev–Trinajstić information content (AvgIpc) is 3.29. The van der Waals surface area contributed by atoms with Crippen molar-refractivity contribution in [3.05, 3.63) is 56.2 Å². The number of fused-ring (bicyclic) bond motifs is 3. The number of rotatable bonds is 6. The van der Waals surface area contributed by atoms with Gasteiger partial charge < -0.3 is 9.15 Å². The molecule has 0 unspecified atom stereocenters. The normalized spacial score (nSPS) is 13.5. The van der Waals surface area contributed by atoms with Gasteiger partial charge in [0.1, 0.15) is 11.1 Å². The number of thiophene rings is 1. The summed E-state index contributed by atoms with van der Waals surface area (Å²) in [5, 5.41) is 2.37. The van der Waals surface area contributed by atoms with Crippen LogP contribution in [0.1, 0.15) is 40.8 Å². The third-order valence-electron chi connectivity index (χ3n) is 4.60. The Hall–Kier alpha value is -2.67. The van der Waals surface area contributed by atoms with E-state index in [4.69, 9.17) is 9.15 Å². The van der Waals surface area contributed by atoms with Gasteiger partial charge >= 0.3 is 6.01 Å². The Labute approximate surface area is 160 Å². The molecule has 0 amide bonds. The molecule has 3 heterocycles. The Kier molecular flexibility index (Phi) is 4.70. The Balaban J connectivity index is 1.75. The molecule has 1 aliphatic rings. The SMILES string of the molecule is C=C(C)Cn1c(OCC(=O)c2cccs2)nc2oc3c(c2c1=O)CCCC3. The molecular weight excluding hydrogens is 364 g/mol. The molecule has 0 saturated carbocycles. The van der Waals surface area contributed by atoms with Gasteiger partial charge in [-0.05, 0) is 37.6 Å². The van der Waals surface area contributed by atoms with Gasteiger partial charge in [0.15, 0.2) is 6.61 Å². The quantitative estimate of drug-likeness (QED) is 0.478. The van der Waals surface area contributed by atoms with Gasteiger partial charge in [-0.25, -0.2) is 0 Å². The predicted octanol–water partition coefficient (Wildman–Crippen LogP) is 3.77. The minimum atomic E-state index is -0.200. The third kappa shape index (κ3) is 3.35. The number of Topliss-reactive ketones (excluding diaryl/α,β-unsaturated/α-hetero) is 1. The summed E-state index contributed by atoms with van der Waals surface area (Å²) < 4.78 is 12.9. The summed E-state index contributed by atoms with van der Waals surface area (Å²) in [4.78, 5) is 30.4. The number of allylic oxidation sites excluding steroid dienone is 1. The zero-order chi connectivity index (χ0) is 19.0. The van der Waals surface area contributed by atoms with Gasteiger partial charge in [0.2, 0.25) is 11.5 Å². The van der Waals surface area contributed by atoms with Crippen LogP contribution in [-0.2, 0) is 19.4 Å². The van der Waals surface area contributed by atoms with Crippen molar-refractivity contribution in [1.82, 2.24) is 9.55 Å². The second-order valence-corrected chi connectivity index (χ2v) is 7.77. The molecule has 7 heteroatoms. The summed E-state index contributed by atoms with van der Waals surface area (Å²) in [7, 11) is 0. The minimum absolute atomic E-state index is 0.0894. The standard InChI is InChI=1S/C20H20N2O4S/c1-12(2)10-22-19(24)17-13-6-3-4-7-15(13)26-18(17)21-20(22)25-11-14(23)16-8-5-9-27-16/h5,8-9H,1,3-4,6-7,10-11H2,2H3. The van der Waals surface area contributed by atoms with Gasteiger partial charge in [-0.2, -0.15) is 4.98 Å². The van der Waals surface area contributed by atoms with Crippen LogP contribution in [0.4, 0.5) is 0 Å². The van der Waals surface area contributed by atoms with Gasteiger partial charge in [0.25, 0.3) is 5.56 Å². The van der Waals surface area contributed by atoms with Crippen molar-refractivity contribution in [1.29, 1.82) is 0 Å². The maximum absolute atomic E-state index is 13.2. The summed E-state index contributed by atoms with van der Waals surface area (Å²) in [6.07, 6.45) is 3.72. The molecular formula is C20H20N2O4S. The molecule has 0 spiro atoms. The Morgan fingerprint density at radius 3 is 2.96 bits per heavy atom. The topological polar surface area (TPSA) is 74.3 Å². The Morgan fingerprint density at radius 2 is 2.22 bits per heavy atom. The fraction of sp³-hybridized carbons (Fsp3) is 0.350. The van der Waals surface area contributed by atoms with Crippen LogP contribution in [0.25, 0.3) is 11.1 Å². The molecule has 3 aromatic heterocycles. The Bertz CT molecular complexity index is 1080. The molecule has 0 bridgehead atoms. The fourth-order valence-electron chi connectivity index (χ4n) is 3.38. The lowest BCUT2D eigenvalue weighted by Crippen LogP contribution is -2.26. The molecule has 0 aromatic carbocycles. The van der Waals surface area contributed by atoms with Crippen molar-refractivity contribution < 1.29 is 13.9 Å². The molecule has 140 valence electrons. The van der Waals surface area contributed by atoms with Crippen LogP contribution in [0.15, 0.2) is 38.9 Å². The first-order valence-electron chi connectivity index (χ1n) is 8.93. The summed E-state index contributed by atoms with van der Waals surface area (Å²) in [5.41, 5.74) is 1.85. The molecule has 0 saturated heterocycles. The summed E-state index contributed by atoms with van der Waals surface area (Å²) in [5.74, 6) is 0.689. The maximum atomic E-state index is 13.2. The highest BCUT2D eigenvalue weighted by Crippen LogP contribution is 2.30. The number of hydrogen-bond donors (Lipinski definition) is 0. The number of furan rings is 1. The van der Waals surface area contributed by atoms with Crippen LogP contribution in [0.5, 0.6) is 6.01 Å². The minimum Gasteiger partial charge on any atom is -0.456 e. The molecule has 4 rings (SSSR count). The van der Waals surface area contributed by atoms with E-state index in [0.717, 1.165) is 42.6 Å². The maximum Gasteiger partial charge on any atom is 0.303 e.